The van der Waals surface area contributed by atoms with Crippen LogP contribution in [0.5, 0.6) is 0 Å². The predicted molar refractivity (Wildman–Crippen MR) is 74.9 cm³/mol. The van der Waals surface area contributed by atoms with Gasteiger partial charge in [-0.15, -0.1) is 0 Å². The highest BCUT2D eigenvalue weighted by Crippen LogP contribution is 2.33. The van der Waals surface area contributed by atoms with Gasteiger partial charge in [0, 0.05) is 4.32 Å². The molecule has 0 aromatic carbocycles. The van der Waals surface area contributed by atoms with Crippen LogP contribution in [-0.4, -0.2) is 4.32 Å². The van der Waals surface area contributed by atoms with Crippen molar-refractivity contribution < 1.29 is 0 Å². The van der Waals surface area contributed by atoms with Gasteiger partial charge in [0.15, 0.2) is 0 Å². The molecule has 0 amide bonds. The molecule has 0 rings (SSSR count). The van der Waals surface area contributed by atoms with Gasteiger partial charge in [-0.25, -0.2) is 0 Å². The van der Waals surface area contributed by atoms with Gasteiger partial charge >= 0.3 is 0 Å². The van der Waals surface area contributed by atoms with Crippen LogP contribution in [-0.2, 0) is 0 Å². The summed E-state index contributed by atoms with van der Waals surface area (Å²) in [7, 11) is 0. The van der Waals surface area contributed by atoms with E-state index in [1.165, 1.54) is 64.2 Å². The van der Waals surface area contributed by atoms with Gasteiger partial charge in [-0.2, -0.15) is 0 Å². The number of halogens is 1. The molecule has 0 radical (unpaired) electrons. The molecule has 0 saturated heterocycles. The lowest BCUT2D eigenvalue weighted by Gasteiger charge is -2.25. The molecule has 0 N–H and O–H groups in total. The Kier molecular flexibility index (Phi) is 10.00. The zero-order chi connectivity index (χ0) is 11.6. The smallest absolute Gasteiger partial charge is 0.0255 e. The van der Waals surface area contributed by atoms with E-state index in [0.29, 0.717) is 4.32 Å². The van der Waals surface area contributed by atoms with Gasteiger partial charge in [0.1, 0.15) is 0 Å². The van der Waals surface area contributed by atoms with Crippen LogP contribution in [0.3, 0.4) is 0 Å². The quantitative estimate of drug-likeness (QED) is 0.335. The van der Waals surface area contributed by atoms with Crippen LogP contribution < -0.4 is 0 Å². The summed E-state index contributed by atoms with van der Waals surface area (Å²) in [4.78, 5) is 0. The Morgan fingerprint density at radius 1 is 0.733 bits per heavy atom. The maximum absolute atomic E-state index is 3.93. The third kappa shape index (κ3) is 8.30. The topological polar surface area (TPSA) is 0 Å². The highest BCUT2D eigenvalue weighted by molar-refractivity contribution is 9.10. The minimum atomic E-state index is 0.451. The number of hydrogen-bond acceptors (Lipinski definition) is 0. The van der Waals surface area contributed by atoms with E-state index in [9.17, 15) is 0 Å². The third-order valence-electron chi connectivity index (χ3n) is 3.31. The number of alkyl halides is 1. The third-order valence-corrected chi connectivity index (χ3v) is 4.66. The van der Waals surface area contributed by atoms with E-state index in [2.05, 4.69) is 36.7 Å². The van der Waals surface area contributed by atoms with Crippen molar-refractivity contribution in [3.8, 4) is 0 Å². The van der Waals surface area contributed by atoms with Crippen LogP contribution in [0.15, 0.2) is 0 Å². The molecule has 0 fully saturated rings. The molecule has 0 aliphatic carbocycles. The van der Waals surface area contributed by atoms with Crippen molar-refractivity contribution in [3.05, 3.63) is 0 Å². The fraction of sp³-hybridized carbons (Fsp3) is 1.00. The molecule has 0 bridgehead atoms. The first kappa shape index (κ1) is 15.5. The first-order valence-corrected chi connectivity index (χ1v) is 7.66. The zero-order valence-corrected chi connectivity index (χ0v) is 12.5. The normalized spacial score (nSPS) is 15.2. The Hall–Kier alpha value is 0.480. The summed E-state index contributed by atoms with van der Waals surface area (Å²) in [6.07, 6.45) is 13.8. The van der Waals surface area contributed by atoms with E-state index >= 15 is 0 Å². The van der Waals surface area contributed by atoms with Crippen molar-refractivity contribution in [3.63, 3.8) is 0 Å². The SMILES string of the molecule is CCCCCCCCC(Br)(CC)CCC. The summed E-state index contributed by atoms with van der Waals surface area (Å²) in [5.74, 6) is 0. The van der Waals surface area contributed by atoms with Crippen LogP contribution >= 0.6 is 15.9 Å². The van der Waals surface area contributed by atoms with Crippen molar-refractivity contribution in [2.24, 2.45) is 0 Å². The lowest BCUT2D eigenvalue weighted by Crippen LogP contribution is -2.18. The van der Waals surface area contributed by atoms with Gasteiger partial charge in [-0.05, 0) is 19.3 Å². The molecule has 0 heterocycles. The van der Waals surface area contributed by atoms with Crippen LogP contribution in [0.25, 0.3) is 0 Å². The highest BCUT2D eigenvalue weighted by atomic mass is 79.9. The van der Waals surface area contributed by atoms with Crippen LogP contribution in [0.2, 0.25) is 0 Å². The first-order valence-electron chi connectivity index (χ1n) is 6.87. The predicted octanol–water partition coefficient (Wildman–Crippen LogP) is 6.08. The van der Waals surface area contributed by atoms with Crippen molar-refractivity contribution in [2.45, 2.75) is 89.3 Å². The van der Waals surface area contributed by atoms with Gasteiger partial charge in [-0.1, -0.05) is 81.6 Å². The van der Waals surface area contributed by atoms with E-state index < -0.39 is 0 Å². The van der Waals surface area contributed by atoms with Gasteiger partial charge in [0.2, 0.25) is 0 Å². The lowest BCUT2D eigenvalue weighted by atomic mass is 9.93. The van der Waals surface area contributed by atoms with Crippen LogP contribution in [0.1, 0.15) is 85.0 Å². The second-order valence-electron chi connectivity index (χ2n) is 4.77. The maximum Gasteiger partial charge on any atom is 0.0255 e. The molecule has 0 saturated carbocycles. The van der Waals surface area contributed by atoms with Crippen LogP contribution in [0.4, 0.5) is 0 Å². The highest BCUT2D eigenvalue weighted by Gasteiger charge is 2.22. The molecule has 0 aromatic heterocycles. The van der Waals surface area contributed by atoms with Crippen molar-refractivity contribution in [1.29, 1.82) is 0 Å². The molecule has 0 aromatic rings. The van der Waals surface area contributed by atoms with E-state index in [-0.39, 0.29) is 0 Å². The monoisotopic (exact) mass is 276 g/mol. The van der Waals surface area contributed by atoms with E-state index in [1.54, 1.807) is 0 Å². The minimum absolute atomic E-state index is 0.451. The Balaban J connectivity index is 3.46. The maximum atomic E-state index is 3.93. The molecule has 0 spiro atoms. The Morgan fingerprint density at radius 3 is 1.87 bits per heavy atom. The second-order valence-corrected chi connectivity index (χ2v) is 6.45. The molecule has 0 aliphatic heterocycles. The van der Waals surface area contributed by atoms with Gasteiger partial charge in [0.05, 0.1) is 0 Å². The summed E-state index contributed by atoms with van der Waals surface area (Å²) in [5, 5.41) is 0. The second kappa shape index (κ2) is 9.69. The summed E-state index contributed by atoms with van der Waals surface area (Å²) < 4.78 is 0.451. The average Bonchev–Trinajstić information content (AvgIpc) is 2.24. The molecular formula is C14H29Br. The van der Waals surface area contributed by atoms with Crippen LogP contribution in [0, 0.1) is 0 Å². The Labute approximate surface area is 105 Å². The molecular weight excluding hydrogens is 248 g/mol. The largest absolute Gasteiger partial charge is 0.0853 e. The lowest BCUT2D eigenvalue weighted by molar-refractivity contribution is 0.459. The van der Waals surface area contributed by atoms with E-state index in [1.807, 2.05) is 0 Å². The fourth-order valence-electron chi connectivity index (χ4n) is 2.15. The molecule has 92 valence electrons. The molecule has 1 heteroatoms. The first-order chi connectivity index (χ1) is 7.18. The molecule has 15 heavy (non-hydrogen) atoms. The molecule has 1 atom stereocenters. The molecule has 1 unspecified atom stereocenters. The average molecular weight is 277 g/mol. The van der Waals surface area contributed by atoms with Gasteiger partial charge in [0.25, 0.3) is 0 Å². The van der Waals surface area contributed by atoms with Gasteiger partial charge < -0.3 is 0 Å². The number of unbranched alkanes of at least 4 members (excludes halogenated alkanes) is 5. The minimum Gasteiger partial charge on any atom is -0.0853 e. The zero-order valence-electron chi connectivity index (χ0n) is 10.9. The van der Waals surface area contributed by atoms with Crippen molar-refractivity contribution >= 4 is 15.9 Å². The number of rotatable bonds is 10. The van der Waals surface area contributed by atoms with Crippen molar-refractivity contribution in [1.82, 2.24) is 0 Å². The Bertz CT molecular complexity index is 133. The van der Waals surface area contributed by atoms with Crippen molar-refractivity contribution in [2.75, 3.05) is 0 Å². The van der Waals surface area contributed by atoms with E-state index in [4.69, 9.17) is 0 Å². The number of hydrogen-bond donors (Lipinski definition) is 0. The Morgan fingerprint density at radius 2 is 1.33 bits per heavy atom. The molecule has 0 aliphatic rings. The summed E-state index contributed by atoms with van der Waals surface area (Å²) in [5.41, 5.74) is 0. The summed E-state index contributed by atoms with van der Waals surface area (Å²) >= 11 is 3.93. The van der Waals surface area contributed by atoms with Gasteiger partial charge in [-0.3, -0.25) is 0 Å². The summed E-state index contributed by atoms with van der Waals surface area (Å²) in [6.45, 7) is 6.87. The summed E-state index contributed by atoms with van der Waals surface area (Å²) in [6, 6.07) is 0. The standard InChI is InChI=1S/C14H29Br/c1-4-7-8-9-10-11-13-14(15,6-3)12-5-2/h4-13H2,1-3H3. The molecule has 0 nitrogen and oxygen atoms in total. The van der Waals surface area contributed by atoms with E-state index in [0.717, 1.165) is 0 Å². The fourth-order valence-corrected chi connectivity index (χ4v) is 2.83.